The minimum atomic E-state index is -0.761. The molecule has 2 aromatic heterocycles. The highest BCUT2D eigenvalue weighted by molar-refractivity contribution is 9.10. The number of aryl methyl sites for hydroxylation is 1. The molecule has 0 aliphatic rings. The first-order chi connectivity index (χ1) is 6.70. The largest absolute Gasteiger partial charge is 0.457 e. The molecule has 4 nitrogen and oxygen atoms in total. The van der Waals surface area contributed by atoms with Gasteiger partial charge < -0.3 is 14.1 Å². The summed E-state index contributed by atoms with van der Waals surface area (Å²) in [4.78, 5) is 4.06. The molecule has 2 heterocycles. The van der Waals surface area contributed by atoms with Gasteiger partial charge in [-0.15, -0.1) is 0 Å². The first-order valence-corrected chi connectivity index (χ1v) is 4.87. The van der Waals surface area contributed by atoms with Crippen LogP contribution in [0.4, 0.5) is 0 Å². The predicted octanol–water partition coefficient (Wildman–Crippen LogP) is 1.86. The van der Waals surface area contributed by atoms with Crippen LogP contribution in [0.3, 0.4) is 0 Å². The van der Waals surface area contributed by atoms with Crippen molar-refractivity contribution < 1.29 is 9.52 Å². The number of imidazole rings is 1. The molecule has 14 heavy (non-hydrogen) atoms. The molecular weight excluding hydrogens is 248 g/mol. The number of furan rings is 1. The number of aliphatic hydroxyl groups is 1. The van der Waals surface area contributed by atoms with Gasteiger partial charge in [0.05, 0.1) is 6.26 Å². The second-order valence-electron chi connectivity index (χ2n) is 2.95. The SMILES string of the molecule is Cn1ccnc1C(O)c1ccoc1Br. The van der Waals surface area contributed by atoms with Crippen LogP contribution in [0.5, 0.6) is 0 Å². The van der Waals surface area contributed by atoms with Crippen LogP contribution in [-0.4, -0.2) is 14.7 Å². The highest BCUT2D eigenvalue weighted by Gasteiger charge is 2.19. The van der Waals surface area contributed by atoms with Crippen LogP contribution >= 0.6 is 15.9 Å². The van der Waals surface area contributed by atoms with Gasteiger partial charge in [0.25, 0.3) is 0 Å². The van der Waals surface area contributed by atoms with E-state index in [4.69, 9.17) is 4.42 Å². The van der Waals surface area contributed by atoms with Crippen molar-refractivity contribution in [2.24, 2.45) is 7.05 Å². The smallest absolute Gasteiger partial charge is 0.175 e. The second-order valence-corrected chi connectivity index (χ2v) is 3.67. The zero-order valence-electron chi connectivity index (χ0n) is 7.51. The van der Waals surface area contributed by atoms with Gasteiger partial charge in [0, 0.05) is 25.0 Å². The van der Waals surface area contributed by atoms with Crippen LogP contribution in [0.25, 0.3) is 0 Å². The Hall–Kier alpha value is -1.07. The Morgan fingerprint density at radius 1 is 1.64 bits per heavy atom. The molecule has 2 rings (SSSR count). The highest BCUT2D eigenvalue weighted by atomic mass is 79.9. The van der Waals surface area contributed by atoms with E-state index in [0.29, 0.717) is 16.1 Å². The number of aromatic nitrogens is 2. The van der Waals surface area contributed by atoms with E-state index in [9.17, 15) is 5.11 Å². The topological polar surface area (TPSA) is 51.2 Å². The standard InChI is InChI=1S/C9H9BrN2O2/c1-12-4-3-11-9(12)7(13)6-2-5-14-8(6)10/h2-5,7,13H,1H3. The molecule has 5 heteroatoms. The van der Waals surface area contributed by atoms with E-state index in [1.165, 1.54) is 6.26 Å². The molecular formula is C9H9BrN2O2. The third-order valence-corrected chi connectivity index (χ3v) is 2.69. The van der Waals surface area contributed by atoms with Gasteiger partial charge in [-0.2, -0.15) is 0 Å². The number of hydrogen-bond donors (Lipinski definition) is 1. The average Bonchev–Trinajstić information content (AvgIpc) is 2.73. The molecule has 0 radical (unpaired) electrons. The monoisotopic (exact) mass is 256 g/mol. The van der Waals surface area contributed by atoms with Crippen LogP contribution < -0.4 is 0 Å². The van der Waals surface area contributed by atoms with Crippen molar-refractivity contribution >= 4 is 15.9 Å². The van der Waals surface area contributed by atoms with Crippen molar-refractivity contribution in [1.82, 2.24) is 9.55 Å². The first-order valence-electron chi connectivity index (χ1n) is 4.08. The lowest BCUT2D eigenvalue weighted by Gasteiger charge is -2.08. The normalized spacial score (nSPS) is 13.1. The lowest BCUT2D eigenvalue weighted by molar-refractivity contribution is 0.204. The average molecular weight is 257 g/mol. The fourth-order valence-electron chi connectivity index (χ4n) is 1.28. The number of nitrogens with zero attached hydrogens (tertiary/aromatic N) is 2. The molecule has 0 amide bonds. The van der Waals surface area contributed by atoms with E-state index in [1.807, 2.05) is 7.05 Å². The summed E-state index contributed by atoms with van der Waals surface area (Å²) in [7, 11) is 1.83. The molecule has 0 fully saturated rings. The number of rotatable bonds is 2. The van der Waals surface area contributed by atoms with Crippen LogP contribution in [0.1, 0.15) is 17.5 Å². The first kappa shape index (κ1) is 9.48. The van der Waals surface area contributed by atoms with Crippen molar-refractivity contribution in [2.75, 3.05) is 0 Å². The van der Waals surface area contributed by atoms with Crippen LogP contribution in [0.2, 0.25) is 0 Å². The lowest BCUT2D eigenvalue weighted by atomic mass is 10.2. The van der Waals surface area contributed by atoms with Gasteiger partial charge in [-0.05, 0) is 22.0 Å². The molecule has 0 spiro atoms. The van der Waals surface area contributed by atoms with Crippen molar-refractivity contribution in [3.8, 4) is 0 Å². The van der Waals surface area contributed by atoms with E-state index < -0.39 is 6.10 Å². The van der Waals surface area contributed by atoms with E-state index in [2.05, 4.69) is 20.9 Å². The fourth-order valence-corrected chi connectivity index (χ4v) is 1.74. The van der Waals surface area contributed by atoms with E-state index >= 15 is 0 Å². The van der Waals surface area contributed by atoms with Crippen molar-refractivity contribution in [2.45, 2.75) is 6.10 Å². The number of aliphatic hydroxyl groups excluding tert-OH is 1. The molecule has 0 aliphatic heterocycles. The summed E-state index contributed by atoms with van der Waals surface area (Å²) >= 11 is 3.21. The summed E-state index contributed by atoms with van der Waals surface area (Å²) in [6, 6.07) is 1.71. The van der Waals surface area contributed by atoms with Gasteiger partial charge in [-0.1, -0.05) is 0 Å². The predicted molar refractivity (Wildman–Crippen MR) is 53.7 cm³/mol. The molecule has 0 bridgehead atoms. The van der Waals surface area contributed by atoms with Gasteiger partial charge in [0.2, 0.25) is 0 Å². The zero-order valence-corrected chi connectivity index (χ0v) is 9.10. The Morgan fingerprint density at radius 3 is 2.93 bits per heavy atom. The molecule has 1 N–H and O–H groups in total. The summed E-state index contributed by atoms with van der Waals surface area (Å²) < 4.78 is 7.35. The third-order valence-electron chi connectivity index (χ3n) is 2.04. The van der Waals surface area contributed by atoms with Gasteiger partial charge in [-0.3, -0.25) is 0 Å². The molecule has 0 saturated heterocycles. The van der Waals surface area contributed by atoms with Gasteiger partial charge >= 0.3 is 0 Å². The summed E-state index contributed by atoms with van der Waals surface area (Å²) in [6.07, 6.45) is 4.19. The number of halogens is 1. The van der Waals surface area contributed by atoms with Crippen molar-refractivity contribution in [3.05, 3.63) is 40.8 Å². The molecule has 0 aromatic carbocycles. The maximum atomic E-state index is 9.96. The molecule has 74 valence electrons. The van der Waals surface area contributed by atoms with E-state index in [1.54, 1.807) is 23.0 Å². The van der Waals surface area contributed by atoms with Crippen molar-refractivity contribution in [1.29, 1.82) is 0 Å². The molecule has 2 aromatic rings. The summed E-state index contributed by atoms with van der Waals surface area (Å²) in [6.45, 7) is 0. The van der Waals surface area contributed by atoms with E-state index in [-0.39, 0.29) is 0 Å². The van der Waals surface area contributed by atoms with Crippen molar-refractivity contribution in [3.63, 3.8) is 0 Å². The van der Waals surface area contributed by atoms with Crippen LogP contribution in [-0.2, 0) is 7.05 Å². The fraction of sp³-hybridized carbons (Fsp3) is 0.222. The molecule has 1 unspecified atom stereocenters. The molecule has 0 aliphatic carbocycles. The maximum absolute atomic E-state index is 9.96. The second kappa shape index (κ2) is 3.59. The lowest BCUT2D eigenvalue weighted by Crippen LogP contribution is -2.06. The maximum Gasteiger partial charge on any atom is 0.175 e. The van der Waals surface area contributed by atoms with E-state index in [0.717, 1.165) is 0 Å². The van der Waals surface area contributed by atoms with Crippen LogP contribution in [0.15, 0.2) is 33.8 Å². The summed E-state index contributed by atoms with van der Waals surface area (Å²) in [5.41, 5.74) is 0.680. The van der Waals surface area contributed by atoms with Gasteiger partial charge in [-0.25, -0.2) is 4.98 Å². The highest BCUT2D eigenvalue weighted by Crippen LogP contribution is 2.28. The minimum Gasteiger partial charge on any atom is -0.457 e. The van der Waals surface area contributed by atoms with Gasteiger partial charge in [0.15, 0.2) is 4.67 Å². The summed E-state index contributed by atoms with van der Waals surface area (Å²) in [5.74, 6) is 0.590. The number of hydrogen-bond acceptors (Lipinski definition) is 3. The Kier molecular flexibility index (Phi) is 2.43. The van der Waals surface area contributed by atoms with Crippen LogP contribution in [0, 0.1) is 0 Å². The Bertz CT molecular complexity index is 395. The quantitative estimate of drug-likeness (QED) is 0.893. The van der Waals surface area contributed by atoms with Gasteiger partial charge in [0.1, 0.15) is 11.9 Å². The molecule has 1 atom stereocenters. The zero-order chi connectivity index (χ0) is 10.1. The molecule has 0 saturated carbocycles. The minimum absolute atomic E-state index is 0.535. The summed E-state index contributed by atoms with van der Waals surface area (Å²) in [5, 5.41) is 9.96. The Balaban J connectivity index is 2.38. The Labute approximate surface area is 89.3 Å². The Morgan fingerprint density at radius 2 is 2.43 bits per heavy atom. The third kappa shape index (κ3) is 1.49.